The summed E-state index contributed by atoms with van der Waals surface area (Å²) < 4.78 is 11.5. The lowest BCUT2D eigenvalue weighted by atomic mass is 9.76. The van der Waals surface area contributed by atoms with Gasteiger partial charge in [-0.15, -0.1) is 0 Å². The van der Waals surface area contributed by atoms with Gasteiger partial charge in [-0.05, 0) is 42.4 Å². The number of ketones is 2. The molecule has 1 aliphatic carbocycles. The lowest BCUT2D eigenvalue weighted by Gasteiger charge is -2.24. The molecule has 2 aromatic rings. The predicted molar refractivity (Wildman–Crippen MR) is 110 cm³/mol. The number of carbonyl (C=O) groups excluding carboxylic acids is 2. The van der Waals surface area contributed by atoms with E-state index in [0.29, 0.717) is 54.1 Å². The molecule has 4 nitrogen and oxygen atoms in total. The SMILES string of the molecule is CCC(=O)c1cc(C(=O)CC2[C@H]3COC[C@@H]23)cc2c1OC[C@@]2(C)c1ccccc1. The van der Waals surface area contributed by atoms with Crippen LogP contribution in [0, 0.1) is 17.8 Å². The minimum Gasteiger partial charge on any atom is -0.491 e. The van der Waals surface area contributed by atoms with Crippen LogP contribution in [-0.2, 0) is 10.2 Å². The van der Waals surface area contributed by atoms with E-state index in [0.717, 1.165) is 24.3 Å². The fourth-order valence-corrected chi connectivity index (χ4v) is 5.09. The number of Topliss-reactive ketones (excluding diaryl/α,β-unsaturated/α-hetero) is 2. The third-order valence-corrected chi connectivity index (χ3v) is 7.09. The van der Waals surface area contributed by atoms with Crippen LogP contribution in [0.25, 0.3) is 0 Å². The van der Waals surface area contributed by atoms with Gasteiger partial charge in [-0.25, -0.2) is 0 Å². The van der Waals surface area contributed by atoms with Gasteiger partial charge >= 0.3 is 0 Å². The van der Waals surface area contributed by atoms with Crippen molar-refractivity contribution in [1.82, 2.24) is 0 Å². The first-order valence-corrected chi connectivity index (χ1v) is 10.5. The van der Waals surface area contributed by atoms with Gasteiger partial charge in [0.15, 0.2) is 11.6 Å². The molecule has 0 bridgehead atoms. The Hall–Kier alpha value is -2.46. The average Bonchev–Trinajstić information content (AvgIpc) is 3.09. The number of ether oxygens (including phenoxy) is 2. The van der Waals surface area contributed by atoms with Crippen LogP contribution in [0.5, 0.6) is 5.75 Å². The van der Waals surface area contributed by atoms with E-state index in [1.54, 1.807) is 6.07 Å². The highest BCUT2D eigenvalue weighted by molar-refractivity contribution is 6.04. The van der Waals surface area contributed by atoms with Crippen LogP contribution in [-0.4, -0.2) is 31.4 Å². The minimum absolute atomic E-state index is 0.0184. The van der Waals surface area contributed by atoms with Gasteiger partial charge in [0.1, 0.15) is 12.4 Å². The predicted octanol–water partition coefficient (Wildman–Crippen LogP) is 4.44. The molecule has 2 fully saturated rings. The summed E-state index contributed by atoms with van der Waals surface area (Å²) in [4.78, 5) is 25.8. The summed E-state index contributed by atoms with van der Waals surface area (Å²) in [5.74, 6) is 2.32. The topological polar surface area (TPSA) is 52.6 Å². The first-order valence-electron chi connectivity index (χ1n) is 10.5. The zero-order valence-corrected chi connectivity index (χ0v) is 16.9. The van der Waals surface area contributed by atoms with E-state index in [1.165, 1.54) is 0 Å². The molecule has 5 rings (SSSR count). The van der Waals surface area contributed by atoms with Crippen LogP contribution in [0.2, 0.25) is 0 Å². The Morgan fingerprint density at radius 1 is 1.07 bits per heavy atom. The van der Waals surface area contributed by atoms with Gasteiger partial charge in [0.2, 0.25) is 0 Å². The third-order valence-electron chi connectivity index (χ3n) is 7.09. The van der Waals surface area contributed by atoms with Crippen molar-refractivity contribution in [2.75, 3.05) is 19.8 Å². The molecule has 2 heterocycles. The maximum Gasteiger partial charge on any atom is 0.166 e. The molecule has 3 aliphatic rings. The van der Waals surface area contributed by atoms with Crippen molar-refractivity contribution >= 4 is 11.6 Å². The molecule has 4 atom stereocenters. The Balaban J connectivity index is 1.54. The number of carbonyl (C=O) groups is 2. The molecule has 1 unspecified atom stereocenters. The van der Waals surface area contributed by atoms with Crippen molar-refractivity contribution in [3.63, 3.8) is 0 Å². The number of hydrogen-bond acceptors (Lipinski definition) is 4. The molecule has 29 heavy (non-hydrogen) atoms. The lowest BCUT2D eigenvalue weighted by molar-refractivity contribution is 0.0950. The second-order valence-corrected chi connectivity index (χ2v) is 8.82. The molecule has 150 valence electrons. The second-order valence-electron chi connectivity index (χ2n) is 8.82. The second kappa shape index (κ2) is 6.81. The van der Waals surface area contributed by atoms with Gasteiger partial charge < -0.3 is 9.47 Å². The lowest BCUT2D eigenvalue weighted by Crippen LogP contribution is -2.25. The summed E-state index contributed by atoms with van der Waals surface area (Å²) in [5, 5.41) is 0. The summed E-state index contributed by atoms with van der Waals surface area (Å²) in [6.45, 7) is 6.02. The van der Waals surface area contributed by atoms with Crippen LogP contribution in [0.1, 0.15) is 58.5 Å². The highest BCUT2D eigenvalue weighted by atomic mass is 16.5. The maximum atomic E-state index is 13.1. The van der Waals surface area contributed by atoms with Crippen molar-refractivity contribution in [3.8, 4) is 5.75 Å². The number of benzene rings is 2. The molecular weight excluding hydrogens is 364 g/mol. The molecule has 1 saturated carbocycles. The standard InChI is InChI=1S/C25H26O4/c1-3-22(26)18-9-15(23(27)11-17-19-12-28-13-20(17)19)10-21-24(18)29-14-25(21,2)16-7-5-4-6-8-16/h4-10,17,19-20H,3,11-14H2,1-2H3/t17?,19-,20+,25-/m0/s1. The monoisotopic (exact) mass is 390 g/mol. The largest absolute Gasteiger partial charge is 0.491 e. The minimum atomic E-state index is -0.375. The Labute approximate surface area is 171 Å². The van der Waals surface area contributed by atoms with E-state index in [-0.39, 0.29) is 17.0 Å². The quantitative estimate of drug-likeness (QED) is 0.684. The highest BCUT2D eigenvalue weighted by Crippen LogP contribution is 2.53. The molecular formula is C25H26O4. The number of hydrogen-bond donors (Lipinski definition) is 0. The van der Waals surface area contributed by atoms with Gasteiger partial charge in [-0.1, -0.05) is 37.3 Å². The summed E-state index contributed by atoms with van der Waals surface area (Å²) in [6, 6.07) is 13.9. The molecule has 2 aromatic carbocycles. The zero-order valence-electron chi connectivity index (χ0n) is 16.9. The average molecular weight is 390 g/mol. The first-order chi connectivity index (χ1) is 14.0. The third kappa shape index (κ3) is 2.93. The molecule has 0 spiro atoms. The Kier molecular flexibility index (Phi) is 4.36. The van der Waals surface area contributed by atoms with Gasteiger partial charge in [0.05, 0.1) is 24.2 Å². The summed E-state index contributed by atoms with van der Waals surface area (Å²) in [5.41, 5.74) is 2.89. The van der Waals surface area contributed by atoms with Crippen molar-refractivity contribution in [3.05, 3.63) is 64.7 Å². The van der Waals surface area contributed by atoms with Crippen molar-refractivity contribution in [1.29, 1.82) is 0 Å². The van der Waals surface area contributed by atoms with Gasteiger partial charge in [0, 0.05) is 24.0 Å². The van der Waals surface area contributed by atoms with E-state index in [9.17, 15) is 9.59 Å². The fourth-order valence-electron chi connectivity index (χ4n) is 5.09. The van der Waals surface area contributed by atoms with Gasteiger partial charge in [-0.2, -0.15) is 0 Å². The maximum absolute atomic E-state index is 13.1. The Morgan fingerprint density at radius 3 is 2.48 bits per heavy atom. The normalized spacial score (nSPS) is 29.1. The molecule has 0 N–H and O–H groups in total. The van der Waals surface area contributed by atoms with Crippen LogP contribution in [0.3, 0.4) is 0 Å². The molecule has 0 radical (unpaired) electrons. The molecule has 1 saturated heterocycles. The molecule has 2 aliphatic heterocycles. The van der Waals surface area contributed by atoms with E-state index >= 15 is 0 Å². The smallest absolute Gasteiger partial charge is 0.166 e. The van der Waals surface area contributed by atoms with Crippen LogP contribution in [0.4, 0.5) is 0 Å². The highest BCUT2D eigenvalue weighted by Gasteiger charge is 2.54. The van der Waals surface area contributed by atoms with Crippen molar-refractivity contribution < 1.29 is 19.1 Å². The Morgan fingerprint density at radius 2 is 1.79 bits per heavy atom. The van der Waals surface area contributed by atoms with Crippen molar-refractivity contribution in [2.24, 2.45) is 17.8 Å². The van der Waals surface area contributed by atoms with E-state index < -0.39 is 0 Å². The van der Waals surface area contributed by atoms with E-state index in [2.05, 4.69) is 19.1 Å². The Bertz CT molecular complexity index is 970. The number of fused-ring (bicyclic) bond motifs is 2. The van der Waals surface area contributed by atoms with Gasteiger partial charge in [0.25, 0.3) is 0 Å². The van der Waals surface area contributed by atoms with Crippen molar-refractivity contribution in [2.45, 2.75) is 32.1 Å². The van der Waals surface area contributed by atoms with Crippen LogP contribution >= 0.6 is 0 Å². The summed E-state index contributed by atoms with van der Waals surface area (Å²) in [7, 11) is 0. The zero-order chi connectivity index (χ0) is 20.2. The molecule has 4 heteroatoms. The van der Waals surface area contributed by atoms with E-state index in [4.69, 9.17) is 9.47 Å². The van der Waals surface area contributed by atoms with Crippen LogP contribution in [0.15, 0.2) is 42.5 Å². The van der Waals surface area contributed by atoms with E-state index in [1.807, 2.05) is 31.2 Å². The summed E-state index contributed by atoms with van der Waals surface area (Å²) >= 11 is 0. The number of rotatable bonds is 6. The fraction of sp³-hybridized carbons (Fsp3) is 0.440. The molecule has 0 aromatic heterocycles. The molecule has 0 amide bonds. The van der Waals surface area contributed by atoms with Crippen LogP contribution < -0.4 is 4.74 Å². The summed E-state index contributed by atoms with van der Waals surface area (Å²) in [6.07, 6.45) is 0.930. The first kappa shape index (κ1) is 18.6. The van der Waals surface area contributed by atoms with Gasteiger partial charge in [-0.3, -0.25) is 9.59 Å².